The van der Waals surface area contributed by atoms with Crippen LogP contribution in [0.25, 0.3) is 17.5 Å². The van der Waals surface area contributed by atoms with E-state index in [-0.39, 0.29) is 0 Å². The first-order valence-corrected chi connectivity index (χ1v) is 7.04. The third-order valence-electron chi connectivity index (χ3n) is 3.96. The van der Waals surface area contributed by atoms with Crippen LogP contribution in [0.3, 0.4) is 0 Å². The van der Waals surface area contributed by atoms with Crippen LogP contribution in [0.15, 0.2) is 24.3 Å². The monoisotopic (exact) mass is 264 g/mol. The van der Waals surface area contributed by atoms with E-state index >= 15 is 0 Å². The van der Waals surface area contributed by atoms with Gasteiger partial charge in [0.15, 0.2) is 5.82 Å². The summed E-state index contributed by atoms with van der Waals surface area (Å²) in [5, 5.41) is 0. The van der Waals surface area contributed by atoms with Gasteiger partial charge in [-0.2, -0.15) is 0 Å². The van der Waals surface area contributed by atoms with Crippen molar-refractivity contribution in [1.29, 1.82) is 0 Å². The molecule has 1 aliphatic heterocycles. The molecule has 0 radical (unpaired) electrons. The van der Waals surface area contributed by atoms with E-state index in [0.29, 0.717) is 0 Å². The molecule has 1 aliphatic carbocycles. The third kappa shape index (κ3) is 1.65. The molecule has 4 nitrogen and oxygen atoms in total. The molecule has 100 valence electrons. The maximum Gasteiger partial charge on any atom is 0.160 e. The number of aromatic nitrogens is 2. The fraction of sp³-hybridized carbons (Fsp3) is 0.250. The molecule has 0 bridgehead atoms. The number of aryl methyl sites for hydroxylation is 1. The molecule has 0 atom stereocenters. The van der Waals surface area contributed by atoms with Crippen LogP contribution in [0, 0.1) is 0 Å². The van der Waals surface area contributed by atoms with Gasteiger partial charge >= 0.3 is 0 Å². The zero-order chi connectivity index (χ0) is 13.5. The van der Waals surface area contributed by atoms with Crippen molar-refractivity contribution in [3.8, 4) is 11.4 Å². The van der Waals surface area contributed by atoms with Gasteiger partial charge in [-0.05, 0) is 25.0 Å². The van der Waals surface area contributed by atoms with Crippen molar-refractivity contribution in [1.82, 2.24) is 15.4 Å². The van der Waals surface area contributed by atoms with Gasteiger partial charge < -0.3 is 5.43 Å². The minimum absolute atomic E-state index is 0.809. The summed E-state index contributed by atoms with van der Waals surface area (Å²) in [5.41, 5.74) is 13.4. The zero-order valence-corrected chi connectivity index (χ0v) is 11.4. The van der Waals surface area contributed by atoms with Crippen LogP contribution >= 0.6 is 0 Å². The Bertz CT molecular complexity index is 719. The lowest BCUT2D eigenvalue weighted by molar-refractivity contribution is 0.859. The molecule has 2 aliphatic rings. The summed E-state index contributed by atoms with van der Waals surface area (Å²) in [6, 6.07) is 6.23. The molecule has 0 saturated heterocycles. The Balaban J connectivity index is 1.91. The minimum atomic E-state index is 0.809. The Labute approximate surface area is 117 Å². The molecule has 4 heteroatoms. The molecule has 0 saturated carbocycles. The summed E-state index contributed by atoms with van der Waals surface area (Å²) >= 11 is 0. The first-order valence-electron chi connectivity index (χ1n) is 7.04. The van der Waals surface area contributed by atoms with Crippen LogP contribution in [-0.4, -0.2) is 9.97 Å². The maximum absolute atomic E-state index is 4.80. The quantitative estimate of drug-likeness (QED) is 0.875. The number of rotatable bonds is 2. The number of hydrogen-bond donors (Lipinski definition) is 2. The molecule has 20 heavy (non-hydrogen) atoms. The van der Waals surface area contributed by atoms with Gasteiger partial charge in [0.25, 0.3) is 0 Å². The van der Waals surface area contributed by atoms with Crippen LogP contribution in [0.1, 0.15) is 29.4 Å². The number of hydrazine groups is 1. The Kier molecular flexibility index (Phi) is 2.57. The van der Waals surface area contributed by atoms with Crippen molar-refractivity contribution in [3.63, 3.8) is 0 Å². The highest BCUT2D eigenvalue weighted by molar-refractivity contribution is 5.72. The molecule has 2 heterocycles. The number of allylic oxidation sites excluding steroid dienone is 1. The second-order valence-electron chi connectivity index (χ2n) is 5.13. The second-order valence-corrected chi connectivity index (χ2v) is 5.13. The van der Waals surface area contributed by atoms with Gasteiger partial charge in [0.1, 0.15) is 0 Å². The maximum atomic E-state index is 4.80. The van der Waals surface area contributed by atoms with E-state index in [1.54, 1.807) is 0 Å². The van der Waals surface area contributed by atoms with Crippen molar-refractivity contribution < 1.29 is 0 Å². The van der Waals surface area contributed by atoms with Gasteiger partial charge in [0.05, 0.1) is 11.4 Å². The zero-order valence-electron chi connectivity index (χ0n) is 11.4. The van der Waals surface area contributed by atoms with Gasteiger partial charge in [-0.3, -0.25) is 0 Å². The predicted molar refractivity (Wildman–Crippen MR) is 80.0 cm³/mol. The molecule has 2 N–H and O–H groups in total. The summed E-state index contributed by atoms with van der Waals surface area (Å²) in [6.07, 6.45) is 6.19. The van der Waals surface area contributed by atoms with E-state index in [9.17, 15) is 0 Å². The molecule has 1 aromatic carbocycles. The fourth-order valence-corrected chi connectivity index (χ4v) is 2.94. The van der Waals surface area contributed by atoms with E-state index < -0.39 is 0 Å². The Morgan fingerprint density at radius 1 is 1.20 bits per heavy atom. The lowest BCUT2D eigenvalue weighted by Gasteiger charge is -2.11. The van der Waals surface area contributed by atoms with Crippen molar-refractivity contribution in [3.05, 3.63) is 46.8 Å². The first-order chi connectivity index (χ1) is 9.86. The van der Waals surface area contributed by atoms with Crippen LogP contribution in [0.4, 0.5) is 5.69 Å². The summed E-state index contributed by atoms with van der Waals surface area (Å²) < 4.78 is 0. The van der Waals surface area contributed by atoms with Crippen LogP contribution < -0.4 is 10.9 Å². The summed E-state index contributed by atoms with van der Waals surface area (Å²) in [5.74, 6) is 0.842. The lowest BCUT2D eigenvalue weighted by Crippen LogP contribution is -2.11. The highest BCUT2D eigenvalue weighted by atomic mass is 15.4. The van der Waals surface area contributed by atoms with Crippen molar-refractivity contribution in [2.75, 3.05) is 5.43 Å². The molecular weight excluding hydrogens is 248 g/mol. The predicted octanol–water partition coefficient (Wildman–Crippen LogP) is 2.71. The minimum Gasteiger partial charge on any atom is -0.321 e. The van der Waals surface area contributed by atoms with E-state index in [1.807, 2.05) is 6.07 Å². The van der Waals surface area contributed by atoms with Gasteiger partial charge in [-0.1, -0.05) is 25.1 Å². The van der Waals surface area contributed by atoms with Gasteiger partial charge in [0, 0.05) is 28.9 Å². The molecule has 4 rings (SSSR count). The highest BCUT2D eigenvalue weighted by Crippen LogP contribution is 2.31. The summed E-state index contributed by atoms with van der Waals surface area (Å²) in [6.45, 7) is 2.96. The largest absolute Gasteiger partial charge is 0.321 e. The molecule has 0 unspecified atom stereocenters. The standard InChI is InChI=1S/C16H16N4/c1-2-13-11-6-4-7-14(11)19-16(18-13)10-5-3-8-15-12(10)9-17-20-15/h3-5,7-8,17,20H,2,6,9H2,1H3. The van der Waals surface area contributed by atoms with Crippen molar-refractivity contribution in [2.24, 2.45) is 0 Å². The van der Waals surface area contributed by atoms with Crippen LogP contribution in [0.5, 0.6) is 0 Å². The summed E-state index contributed by atoms with van der Waals surface area (Å²) in [7, 11) is 0. The first kappa shape index (κ1) is 11.6. The Morgan fingerprint density at radius 2 is 2.15 bits per heavy atom. The molecule has 0 spiro atoms. The number of benzene rings is 1. The van der Waals surface area contributed by atoms with Crippen LogP contribution in [0.2, 0.25) is 0 Å². The van der Waals surface area contributed by atoms with E-state index in [2.05, 4.69) is 42.1 Å². The SMILES string of the molecule is CCc1nc(-c2cccc3c2CNN3)nc2c1CC=C2. The van der Waals surface area contributed by atoms with Crippen molar-refractivity contribution in [2.45, 2.75) is 26.3 Å². The second kappa shape index (κ2) is 4.42. The number of nitrogens with one attached hydrogen (secondary N) is 2. The summed E-state index contributed by atoms with van der Waals surface area (Å²) in [4.78, 5) is 9.56. The Hall–Kier alpha value is -2.20. The smallest absolute Gasteiger partial charge is 0.160 e. The number of hydrogen-bond acceptors (Lipinski definition) is 4. The van der Waals surface area contributed by atoms with E-state index in [1.165, 1.54) is 16.8 Å². The molecular formula is C16H16N4. The van der Waals surface area contributed by atoms with Gasteiger partial charge in [-0.25, -0.2) is 15.4 Å². The Morgan fingerprint density at radius 3 is 3.05 bits per heavy atom. The third-order valence-corrected chi connectivity index (χ3v) is 3.96. The molecule has 0 fully saturated rings. The molecule has 0 amide bonds. The van der Waals surface area contributed by atoms with Crippen LogP contribution in [-0.2, 0) is 19.4 Å². The normalized spacial score (nSPS) is 15.1. The van der Waals surface area contributed by atoms with Gasteiger partial charge in [-0.15, -0.1) is 0 Å². The average Bonchev–Trinajstić information content (AvgIpc) is 3.13. The highest BCUT2D eigenvalue weighted by Gasteiger charge is 2.19. The van der Waals surface area contributed by atoms with Gasteiger partial charge in [0.2, 0.25) is 0 Å². The number of fused-ring (bicyclic) bond motifs is 2. The fourth-order valence-electron chi connectivity index (χ4n) is 2.94. The average molecular weight is 264 g/mol. The van der Waals surface area contributed by atoms with E-state index in [4.69, 9.17) is 9.97 Å². The lowest BCUT2D eigenvalue weighted by atomic mass is 10.0. The number of anilines is 1. The molecule has 2 aromatic rings. The topological polar surface area (TPSA) is 49.8 Å². The van der Waals surface area contributed by atoms with Crippen molar-refractivity contribution >= 4 is 11.8 Å². The molecule has 1 aromatic heterocycles. The van der Waals surface area contributed by atoms with E-state index in [0.717, 1.165) is 42.2 Å². The number of nitrogens with zero attached hydrogens (tertiary/aromatic N) is 2.